The predicted molar refractivity (Wildman–Crippen MR) is 284 cm³/mol. The molecule has 2 amide bonds. The minimum absolute atomic E-state index is 0. The number of nitrogens with one attached hydrogen (secondary N) is 2. The molecule has 0 aromatic heterocycles. The average Bonchev–Trinajstić information content (AvgIpc) is 3.36. The van der Waals surface area contributed by atoms with E-state index in [1.54, 1.807) is 104 Å². The van der Waals surface area contributed by atoms with Crippen LogP contribution in [0.1, 0.15) is 45.7 Å². The van der Waals surface area contributed by atoms with Crippen molar-refractivity contribution in [2.75, 3.05) is 23.8 Å². The van der Waals surface area contributed by atoms with Crippen molar-refractivity contribution in [3.8, 4) is 23.0 Å². The summed E-state index contributed by atoms with van der Waals surface area (Å²) >= 11 is 12.2. The van der Waals surface area contributed by atoms with Crippen molar-refractivity contribution in [3.63, 3.8) is 0 Å². The monoisotopic (exact) mass is 1210 g/mol. The molecule has 0 aliphatic rings. The van der Waals surface area contributed by atoms with Crippen LogP contribution in [0.5, 0.6) is 23.0 Å². The summed E-state index contributed by atoms with van der Waals surface area (Å²) in [5, 5.41) is 47.2. The van der Waals surface area contributed by atoms with Crippen LogP contribution in [0.4, 0.5) is 34.1 Å². The van der Waals surface area contributed by atoms with E-state index in [0.29, 0.717) is 68.8 Å². The maximum Gasteiger partial charge on any atom is 2.00 e. The van der Waals surface area contributed by atoms with Crippen LogP contribution in [0.3, 0.4) is 0 Å². The number of phenolic OH excluding ortho intramolecular Hbond substituents is 1. The molecule has 18 nitrogen and oxygen atoms in total. The number of aromatic hydroxyl groups is 1. The van der Waals surface area contributed by atoms with E-state index in [2.05, 4.69) is 31.1 Å². The first-order chi connectivity index (χ1) is 35.2. The largest absolute Gasteiger partial charge is 2.00 e. The van der Waals surface area contributed by atoms with Crippen molar-refractivity contribution < 1.29 is 55.2 Å². The first-order valence-corrected chi connectivity index (χ1v) is 25.7. The van der Waals surface area contributed by atoms with Crippen LogP contribution in [0.2, 0.25) is 10.0 Å². The van der Waals surface area contributed by atoms with E-state index in [0.717, 1.165) is 0 Å². The number of rotatable bonds is 14. The van der Waals surface area contributed by atoms with Crippen molar-refractivity contribution in [2.24, 2.45) is 20.5 Å². The van der Waals surface area contributed by atoms with Crippen LogP contribution in [0.15, 0.2) is 164 Å². The standard InChI is InChI=1S/2C26H22ClN3O6S.Ba/c2*1-3-36-18-11-9-17(10-12-18)28-26(32)20-14-16-6-4-5-7-19(16)23(24(20)31)30-29-21-13-8-15(2)22(27)25(21)37(33,34)35;/h2*4-14,31H,3H2,1-2H3,(H,28,32)(H,33,34,35);/q;;+2/p-2. The fraction of sp³-hybridized carbons (Fsp3) is 0.115. The summed E-state index contributed by atoms with van der Waals surface area (Å²) < 4.78 is 79.9. The number of anilines is 2. The van der Waals surface area contributed by atoms with Gasteiger partial charge in [0, 0.05) is 27.7 Å². The number of nitrogens with zero attached hydrogens (tertiary/aromatic N) is 4. The average molecular weight is 1220 g/mol. The quantitative estimate of drug-likeness (QED) is 0.0449. The van der Waals surface area contributed by atoms with Crippen LogP contribution in [0, 0.1) is 13.8 Å². The first kappa shape index (κ1) is 57.9. The molecule has 0 unspecified atom stereocenters. The Kier molecular flexibility index (Phi) is 19.3. The van der Waals surface area contributed by atoms with Gasteiger partial charge in [0.2, 0.25) is 0 Å². The zero-order valence-electron chi connectivity index (χ0n) is 40.2. The molecule has 75 heavy (non-hydrogen) atoms. The Morgan fingerprint density at radius 2 is 1.01 bits per heavy atom. The van der Waals surface area contributed by atoms with Crippen LogP contribution in [-0.2, 0) is 20.2 Å². The van der Waals surface area contributed by atoms with Gasteiger partial charge in [-0.15, -0.1) is 15.3 Å². The van der Waals surface area contributed by atoms with Gasteiger partial charge in [0.1, 0.15) is 48.5 Å². The van der Waals surface area contributed by atoms with Gasteiger partial charge in [-0.25, -0.2) is 8.42 Å². The third-order valence-corrected chi connectivity index (χ3v) is 13.9. The minimum Gasteiger partial charge on any atom is -0.870 e. The normalized spacial score (nSPS) is 11.5. The molecule has 0 fully saturated rings. The number of halogens is 2. The Morgan fingerprint density at radius 3 is 1.48 bits per heavy atom. The van der Waals surface area contributed by atoms with Crippen molar-refractivity contribution in [2.45, 2.75) is 37.5 Å². The van der Waals surface area contributed by atoms with Gasteiger partial charge in [-0.1, -0.05) is 89.6 Å². The summed E-state index contributed by atoms with van der Waals surface area (Å²) in [4.78, 5) is 24.8. The topological polar surface area (TPSA) is 281 Å². The third-order valence-electron chi connectivity index (χ3n) is 10.9. The molecular weight excluding hydrogens is 1170 g/mol. The van der Waals surface area contributed by atoms with Crippen LogP contribution < -0.4 is 25.2 Å². The molecule has 0 radical (unpaired) electrons. The number of ether oxygens (including phenoxy) is 2. The van der Waals surface area contributed by atoms with Gasteiger partial charge in [0.05, 0.1) is 34.5 Å². The molecule has 0 aliphatic carbocycles. The summed E-state index contributed by atoms with van der Waals surface area (Å²) in [5.74, 6) is -1.17. The second-order valence-electron chi connectivity index (χ2n) is 15.9. The number of carbonyl (C=O) groups excluding carboxylic acids is 2. The van der Waals surface area contributed by atoms with Crippen molar-refractivity contribution in [1.82, 2.24) is 0 Å². The van der Waals surface area contributed by atoms with Crippen molar-refractivity contribution >= 4 is 160 Å². The number of hydrogen-bond acceptors (Lipinski definition) is 15. The van der Waals surface area contributed by atoms with Crippen LogP contribution >= 0.6 is 23.2 Å². The van der Waals surface area contributed by atoms with E-state index in [4.69, 9.17) is 32.7 Å². The second kappa shape index (κ2) is 25.0. The number of aryl methyl sites for hydroxylation is 2. The van der Waals surface area contributed by atoms with E-state index in [-0.39, 0.29) is 92.8 Å². The van der Waals surface area contributed by atoms with E-state index in [1.165, 1.54) is 43.3 Å². The van der Waals surface area contributed by atoms with E-state index >= 15 is 0 Å². The molecule has 23 heteroatoms. The number of azo groups is 2. The fourth-order valence-corrected chi connectivity index (χ4v) is 9.71. The Bertz CT molecular complexity index is 3530. The number of benzene rings is 8. The molecule has 8 rings (SSSR count). The summed E-state index contributed by atoms with van der Waals surface area (Å²) in [7, 11) is -9.72. The number of fused-ring (bicyclic) bond motifs is 2. The van der Waals surface area contributed by atoms with Crippen LogP contribution in [-0.4, -0.2) is 105 Å². The third kappa shape index (κ3) is 13.7. The smallest absolute Gasteiger partial charge is 0.870 e. The Balaban J connectivity index is 0.000000241. The minimum atomic E-state index is -4.99. The zero-order valence-corrected chi connectivity index (χ0v) is 47.7. The van der Waals surface area contributed by atoms with Crippen LogP contribution in [0.25, 0.3) is 21.5 Å². The number of amides is 2. The fourth-order valence-electron chi connectivity index (χ4n) is 7.31. The first-order valence-electron chi connectivity index (χ1n) is 22.1. The Labute approximate surface area is 481 Å². The molecule has 0 saturated carbocycles. The molecule has 0 atom stereocenters. The molecule has 0 heterocycles. The van der Waals surface area contributed by atoms with Crippen molar-refractivity contribution in [3.05, 3.63) is 166 Å². The molecule has 8 aromatic carbocycles. The number of phenols is 1. The van der Waals surface area contributed by atoms with E-state index in [1.807, 2.05) is 13.8 Å². The van der Waals surface area contributed by atoms with Gasteiger partial charge < -0.3 is 34.9 Å². The number of hydrogen-bond donors (Lipinski definition) is 4. The van der Waals surface area contributed by atoms with E-state index < -0.39 is 53.3 Å². The molecule has 0 saturated heterocycles. The second-order valence-corrected chi connectivity index (χ2v) is 19.3. The Morgan fingerprint density at radius 1 is 0.600 bits per heavy atom. The molecule has 0 bridgehead atoms. The molecular formula is C52H42BaCl2N6O12S2. The molecule has 4 N–H and O–H groups in total. The van der Waals surface area contributed by atoms with Gasteiger partial charge >= 0.3 is 48.9 Å². The summed E-state index contributed by atoms with van der Waals surface area (Å²) in [6.07, 6.45) is 0. The van der Waals surface area contributed by atoms with Gasteiger partial charge in [-0.05, 0) is 122 Å². The predicted octanol–water partition coefficient (Wildman–Crippen LogP) is 12.3. The summed E-state index contributed by atoms with van der Waals surface area (Å²) in [5.41, 5.74) is 0.629. The van der Waals surface area contributed by atoms with Gasteiger partial charge in [0.15, 0.2) is 5.75 Å². The molecule has 0 spiro atoms. The van der Waals surface area contributed by atoms with Gasteiger partial charge in [-0.3, -0.25) is 14.1 Å². The number of carbonyl (C=O) groups is 2. The SMILES string of the molecule is CCOc1ccc(NC(=O)c2cc3ccccc3c(N=Nc3ccc(C)c(Cl)c3S(=O)(=O)O)c2O)cc1.CCOc1ccc(NC(=O)c2cc3ccccc3c(N=Nc3ccc(C)c(Cl)c3S(=O)(=O)[O-])c2[O-])cc1.[Ba+2]. The maximum absolute atomic E-state index is 13.3. The molecule has 0 aliphatic heterocycles. The van der Waals surface area contributed by atoms with Crippen molar-refractivity contribution in [1.29, 1.82) is 0 Å². The molecule has 380 valence electrons. The summed E-state index contributed by atoms with van der Waals surface area (Å²) in [6.45, 7) is 7.83. The Hall–Kier alpha value is -6.41. The zero-order chi connectivity index (χ0) is 53.5. The van der Waals surface area contributed by atoms with Gasteiger partial charge in [0.25, 0.3) is 21.9 Å². The van der Waals surface area contributed by atoms with Gasteiger partial charge in [-0.2, -0.15) is 13.5 Å². The molecule has 8 aromatic rings. The van der Waals surface area contributed by atoms with E-state index in [9.17, 15) is 45.7 Å². The summed E-state index contributed by atoms with van der Waals surface area (Å²) in [6, 6.07) is 35.5. The maximum atomic E-state index is 13.3.